The van der Waals surface area contributed by atoms with Crippen LogP contribution in [0.25, 0.3) is 0 Å². The topological polar surface area (TPSA) is 47.9 Å². The van der Waals surface area contributed by atoms with Crippen molar-refractivity contribution in [2.45, 2.75) is 20.1 Å². The summed E-state index contributed by atoms with van der Waals surface area (Å²) in [6, 6.07) is 0. The highest BCUT2D eigenvalue weighted by atomic mass is 32.1. The summed E-state index contributed by atoms with van der Waals surface area (Å²) in [6.45, 7) is 3.03. The van der Waals surface area contributed by atoms with Crippen molar-refractivity contribution >= 4 is 23.3 Å². The number of thiocarbonyl (C=S) groups is 1. The predicted octanol–water partition coefficient (Wildman–Crippen LogP) is 1.12. The average molecular weight is 173 g/mol. The zero-order valence-electron chi connectivity index (χ0n) is 6.16. The zero-order valence-corrected chi connectivity index (χ0v) is 6.97. The van der Waals surface area contributed by atoms with Gasteiger partial charge in [0.2, 0.25) is 0 Å². The van der Waals surface area contributed by atoms with E-state index in [4.69, 9.17) is 4.74 Å². The summed E-state index contributed by atoms with van der Waals surface area (Å²) < 4.78 is 4.79. The highest BCUT2D eigenvalue weighted by Crippen LogP contribution is 1.99. The monoisotopic (exact) mass is 173 g/mol. The quantitative estimate of drug-likeness (QED) is 0.160. The van der Waals surface area contributed by atoms with Gasteiger partial charge in [-0.25, -0.2) is 4.79 Å². The van der Waals surface area contributed by atoms with Crippen LogP contribution in [0, 0.1) is 0 Å². The van der Waals surface area contributed by atoms with E-state index >= 15 is 0 Å². The van der Waals surface area contributed by atoms with Crippen LogP contribution in [0.4, 0.5) is 0 Å². The average Bonchev–Trinajstić information content (AvgIpc) is 2.00. The Bertz CT molecular complexity index is 216. The second kappa shape index (κ2) is 5.62. The van der Waals surface area contributed by atoms with Crippen molar-refractivity contribution < 1.29 is 14.4 Å². The highest BCUT2D eigenvalue weighted by molar-refractivity contribution is 7.78. The molecule has 0 aliphatic heterocycles. The zero-order chi connectivity index (χ0) is 8.69. The first-order valence-corrected chi connectivity index (χ1v) is 3.23. The summed E-state index contributed by atoms with van der Waals surface area (Å²) in [5, 5.41) is 5.14. The second-order valence-electron chi connectivity index (χ2n) is 1.63. The highest BCUT2D eigenvalue weighted by Gasteiger charge is 2.01. The molecule has 0 spiro atoms. The lowest BCUT2D eigenvalue weighted by molar-refractivity contribution is -0.0997. The maximum atomic E-state index is 9.90. The number of hydrogen-bond acceptors (Lipinski definition) is 5. The number of ether oxygens (including phenoxy) is 1. The number of nitrogens with zero attached hydrogens (tertiary/aromatic N) is 1. The number of allylic oxidation sites excluding steroid dienone is 1. The van der Waals surface area contributed by atoms with Crippen molar-refractivity contribution in [3.05, 3.63) is 5.76 Å². The summed E-state index contributed by atoms with van der Waals surface area (Å²) >= 11 is 4.23. The Labute approximate surface area is 69.5 Å². The van der Waals surface area contributed by atoms with Crippen LogP contribution in [0.2, 0.25) is 0 Å². The molecule has 0 aromatic rings. The van der Waals surface area contributed by atoms with Gasteiger partial charge < -0.3 is 9.57 Å². The van der Waals surface area contributed by atoms with Gasteiger partial charge in [-0.3, -0.25) is 0 Å². The molecule has 0 aliphatic rings. The SMILES string of the molecule is CC(=C=O)OC(C)ON=C=S. The van der Waals surface area contributed by atoms with E-state index < -0.39 is 6.29 Å². The third kappa shape index (κ3) is 5.30. The largest absolute Gasteiger partial charge is 0.446 e. The minimum absolute atomic E-state index is 0.108. The molecule has 0 aromatic heterocycles. The molecule has 11 heavy (non-hydrogen) atoms. The van der Waals surface area contributed by atoms with Crippen LogP contribution in [0.3, 0.4) is 0 Å². The van der Waals surface area contributed by atoms with E-state index in [1.165, 1.54) is 6.92 Å². The second-order valence-corrected chi connectivity index (χ2v) is 1.81. The summed E-state index contributed by atoms with van der Waals surface area (Å²) in [7, 11) is 0. The van der Waals surface area contributed by atoms with Gasteiger partial charge in [0, 0.05) is 13.8 Å². The fraction of sp³-hybridized carbons (Fsp3) is 0.500. The Hall–Kier alpha value is -1.15. The molecule has 0 saturated heterocycles. The fourth-order valence-corrected chi connectivity index (χ4v) is 0.433. The van der Waals surface area contributed by atoms with Crippen LogP contribution in [0.1, 0.15) is 13.8 Å². The van der Waals surface area contributed by atoms with Gasteiger partial charge in [0.25, 0.3) is 6.29 Å². The van der Waals surface area contributed by atoms with Crippen LogP contribution < -0.4 is 0 Å². The summed E-state index contributed by atoms with van der Waals surface area (Å²) in [4.78, 5) is 14.5. The lowest BCUT2D eigenvalue weighted by Crippen LogP contribution is -2.08. The van der Waals surface area contributed by atoms with Crippen LogP contribution in [0.5, 0.6) is 0 Å². The predicted molar refractivity (Wildman–Crippen MR) is 41.5 cm³/mol. The molecule has 0 heterocycles. The molecular formula is C6H7NO3S. The normalized spacial score (nSPS) is 10.4. The molecule has 5 heteroatoms. The summed E-state index contributed by atoms with van der Waals surface area (Å²) in [5.74, 6) is 1.66. The van der Waals surface area contributed by atoms with Crippen molar-refractivity contribution in [3.63, 3.8) is 0 Å². The molecule has 0 amide bonds. The number of carbonyl (C=O) groups excluding carboxylic acids is 1. The lowest BCUT2D eigenvalue weighted by atomic mass is 10.6. The van der Waals surface area contributed by atoms with Crippen LogP contribution in [0.15, 0.2) is 10.9 Å². The van der Waals surface area contributed by atoms with Gasteiger partial charge >= 0.3 is 0 Å². The third-order valence-corrected chi connectivity index (χ3v) is 0.799. The minimum atomic E-state index is -0.646. The maximum absolute atomic E-state index is 9.90. The first-order valence-electron chi connectivity index (χ1n) is 2.82. The molecule has 1 atom stereocenters. The van der Waals surface area contributed by atoms with Gasteiger partial charge in [0.1, 0.15) is 5.16 Å². The Morgan fingerprint density at radius 3 is 2.82 bits per heavy atom. The number of hydrogen-bond donors (Lipinski definition) is 0. The third-order valence-electron chi connectivity index (χ3n) is 0.725. The summed E-state index contributed by atoms with van der Waals surface area (Å²) in [6.07, 6.45) is -0.646. The van der Waals surface area contributed by atoms with Gasteiger partial charge in [-0.2, -0.15) is 0 Å². The molecule has 0 aliphatic carbocycles. The molecule has 0 aromatic carbocycles. The number of isothiocyanates is 1. The number of rotatable bonds is 4. The van der Waals surface area contributed by atoms with Gasteiger partial charge in [-0.1, -0.05) is 0 Å². The van der Waals surface area contributed by atoms with E-state index in [-0.39, 0.29) is 5.76 Å². The summed E-state index contributed by atoms with van der Waals surface area (Å²) in [5.41, 5.74) is 0. The Balaban J connectivity index is 3.77. The van der Waals surface area contributed by atoms with Gasteiger partial charge in [0.05, 0.1) is 0 Å². The molecule has 0 fully saturated rings. The molecule has 0 N–H and O–H groups in total. The van der Waals surface area contributed by atoms with Crippen molar-refractivity contribution in [1.82, 2.24) is 0 Å². The molecule has 0 rings (SSSR count). The van der Waals surface area contributed by atoms with Gasteiger partial charge in [0.15, 0.2) is 11.7 Å². The van der Waals surface area contributed by atoms with E-state index in [0.29, 0.717) is 0 Å². The molecular weight excluding hydrogens is 166 g/mol. The molecule has 0 radical (unpaired) electrons. The van der Waals surface area contributed by atoms with E-state index in [1.54, 1.807) is 12.9 Å². The molecule has 60 valence electrons. The Morgan fingerprint density at radius 1 is 1.73 bits per heavy atom. The van der Waals surface area contributed by atoms with Gasteiger partial charge in [-0.05, 0) is 17.4 Å². The van der Waals surface area contributed by atoms with Gasteiger partial charge in [-0.15, -0.1) is 0 Å². The van der Waals surface area contributed by atoms with Crippen LogP contribution >= 0.6 is 12.2 Å². The fourth-order valence-electron chi connectivity index (χ4n) is 0.390. The van der Waals surface area contributed by atoms with Crippen molar-refractivity contribution in [1.29, 1.82) is 0 Å². The molecule has 1 unspecified atom stereocenters. The first-order chi connectivity index (χ1) is 5.20. The Kier molecular flexibility index (Phi) is 5.03. The maximum Gasteiger partial charge on any atom is 0.264 e. The van der Waals surface area contributed by atoms with Crippen LogP contribution in [-0.4, -0.2) is 17.4 Å². The smallest absolute Gasteiger partial charge is 0.264 e. The lowest BCUT2D eigenvalue weighted by Gasteiger charge is -2.08. The molecule has 0 saturated carbocycles. The van der Waals surface area contributed by atoms with Crippen LogP contribution in [-0.2, 0) is 14.4 Å². The first kappa shape index (κ1) is 9.85. The minimum Gasteiger partial charge on any atom is -0.446 e. The van der Waals surface area contributed by atoms with E-state index in [2.05, 4.69) is 22.2 Å². The Morgan fingerprint density at radius 2 is 2.36 bits per heavy atom. The molecule has 4 nitrogen and oxygen atoms in total. The van der Waals surface area contributed by atoms with E-state index in [1.807, 2.05) is 5.16 Å². The molecule has 0 bridgehead atoms. The van der Waals surface area contributed by atoms with Crippen molar-refractivity contribution in [2.75, 3.05) is 0 Å². The standard InChI is InChI=1S/C6H7NO3S/c1-5(3-8)9-6(2)10-7-4-11/h6H,1-2H3. The van der Waals surface area contributed by atoms with E-state index in [9.17, 15) is 4.79 Å². The van der Waals surface area contributed by atoms with E-state index in [0.717, 1.165) is 0 Å². The van der Waals surface area contributed by atoms with Crippen molar-refractivity contribution in [3.8, 4) is 0 Å². The van der Waals surface area contributed by atoms with Crippen molar-refractivity contribution in [2.24, 2.45) is 5.16 Å².